The number of likely N-dealkylation sites (tertiary alicyclic amines) is 1. The molecule has 228 valence electrons. The summed E-state index contributed by atoms with van der Waals surface area (Å²) in [5, 5.41) is 9.71. The molecule has 0 bridgehead atoms. The van der Waals surface area contributed by atoms with Crippen molar-refractivity contribution in [2.45, 2.75) is 90.1 Å². The molecule has 4 aliphatic rings. The van der Waals surface area contributed by atoms with Crippen LogP contribution in [0.5, 0.6) is 0 Å². The van der Waals surface area contributed by atoms with Crippen LogP contribution in [0.3, 0.4) is 0 Å². The smallest absolute Gasteiger partial charge is 0.249 e. The summed E-state index contributed by atoms with van der Waals surface area (Å²) in [6.45, 7) is 14.0. The Morgan fingerprint density at radius 2 is 1.62 bits per heavy atom. The van der Waals surface area contributed by atoms with Crippen molar-refractivity contribution >= 4 is 17.7 Å². The molecule has 0 saturated carbocycles. The molecule has 5 atom stereocenters. The van der Waals surface area contributed by atoms with Crippen LogP contribution in [0.2, 0.25) is 0 Å². The minimum atomic E-state index is -1.29. The van der Waals surface area contributed by atoms with Crippen molar-refractivity contribution in [2.75, 3.05) is 26.2 Å². The van der Waals surface area contributed by atoms with Gasteiger partial charge in [-0.15, -0.1) is 0 Å². The highest BCUT2D eigenvalue weighted by molar-refractivity contribution is 6.00. The molecule has 0 radical (unpaired) electrons. The summed E-state index contributed by atoms with van der Waals surface area (Å²) >= 11 is 0. The van der Waals surface area contributed by atoms with E-state index in [1.165, 1.54) is 0 Å². The SMILES string of the molecule is CC[C@@]12C=CCN(Cc3ccccc3)C(=O)[C@@H]1[C@H]1C(=O)N(CCCO)C3C(=O)N(C(C)(C)CC(C)(C)C)CC=C[C@@]31O2. The van der Waals surface area contributed by atoms with Gasteiger partial charge in [-0.05, 0) is 44.1 Å². The molecule has 8 heteroatoms. The molecule has 1 aromatic carbocycles. The van der Waals surface area contributed by atoms with Crippen LogP contribution in [0.25, 0.3) is 0 Å². The van der Waals surface area contributed by atoms with Gasteiger partial charge in [-0.25, -0.2) is 0 Å². The second-order valence-electron chi connectivity index (χ2n) is 14.2. The topological polar surface area (TPSA) is 90.4 Å². The lowest BCUT2D eigenvalue weighted by molar-refractivity contribution is -0.157. The molecular weight excluding hydrogens is 530 g/mol. The predicted octanol–water partition coefficient (Wildman–Crippen LogP) is 3.94. The van der Waals surface area contributed by atoms with Crippen LogP contribution in [0.4, 0.5) is 0 Å². The van der Waals surface area contributed by atoms with E-state index in [4.69, 9.17) is 4.74 Å². The maximum absolute atomic E-state index is 14.7. The zero-order chi connectivity index (χ0) is 30.5. The first-order valence-corrected chi connectivity index (χ1v) is 15.4. The normalized spacial score (nSPS) is 31.3. The number of amides is 3. The molecule has 1 aromatic rings. The average molecular weight is 578 g/mol. The van der Waals surface area contributed by atoms with E-state index in [1.807, 2.05) is 66.5 Å². The van der Waals surface area contributed by atoms with Crippen LogP contribution in [-0.4, -0.2) is 86.6 Å². The third-order valence-corrected chi connectivity index (χ3v) is 9.49. The Kier molecular flexibility index (Phi) is 7.94. The van der Waals surface area contributed by atoms with E-state index in [9.17, 15) is 19.5 Å². The number of benzene rings is 1. The van der Waals surface area contributed by atoms with E-state index >= 15 is 0 Å². The number of fused-ring (bicyclic) bond motifs is 2. The number of hydrogen-bond acceptors (Lipinski definition) is 5. The van der Waals surface area contributed by atoms with E-state index in [1.54, 1.807) is 9.80 Å². The molecule has 1 spiro atoms. The van der Waals surface area contributed by atoms with E-state index < -0.39 is 34.6 Å². The Hall–Kier alpha value is -2.97. The van der Waals surface area contributed by atoms with E-state index in [0.29, 0.717) is 32.5 Å². The first-order valence-electron chi connectivity index (χ1n) is 15.4. The molecule has 2 saturated heterocycles. The first-order chi connectivity index (χ1) is 19.8. The van der Waals surface area contributed by atoms with Gasteiger partial charge >= 0.3 is 0 Å². The summed E-state index contributed by atoms with van der Waals surface area (Å²) in [6.07, 6.45) is 9.43. The number of hydrogen-bond donors (Lipinski definition) is 1. The Morgan fingerprint density at radius 1 is 0.929 bits per heavy atom. The van der Waals surface area contributed by atoms with Crippen LogP contribution < -0.4 is 0 Å². The summed E-state index contributed by atoms with van der Waals surface area (Å²) in [5.74, 6) is -2.15. The molecular formula is C34H47N3O5. The number of carbonyl (C=O) groups is 3. The van der Waals surface area contributed by atoms with Crippen molar-refractivity contribution in [3.8, 4) is 0 Å². The van der Waals surface area contributed by atoms with Crippen molar-refractivity contribution in [2.24, 2.45) is 17.3 Å². The van der Waals surface area contributed by atoms with Gasteiger partial charge in [0.15, 0.2) is 0 Å². The van der Waals surface area contributed by atoms with Crippen LogP contribution >= 0.6 is 0 Å². The molecule has 0 aliphatic carbocycles. The lowest BCUT2D eigenvalue weighted by atomic mass is 9.72. The van der Waals surface area contributed by atoms with E-state index in [-0.39, 0.29) is 36.3 Å². The number of rotatable bonds is 8. The Labute approximate surface area is 250 Å². The predicted molar refractivity (Wildman–Crippen MR) is 161 cm³/mol. The fraction of sp³-hybridized carbons (Fsp3) is 0.618. The lowest BCUT2D eigenvalue weighted by Crippen LogP contribution is -2.60. The number of aliphatic hydroxyl groups is 1. The van der Waals surface area contributed by atoms with Gasteiger partial charge in [0.05, 0.1) is 17.4 Å². The minimum Gasteiger partial charge on any atom is -0.396 e. The van der Waals surface area contributed by atoms with Crippen molar-refractivity contribution in [1.29, 1.82) is 0 Å². The molecule has 5 rings (SSSR count). The van der Waals surface area contributed by atoms with Crippen LogP contribution in [0, 0.1) is 17.3 Å². The summed E-state index contributed by atoms with van der Waals surface area (Å²) in [4.78, 5) is 49.0. The molecule has 42 heavy (non-hydrogen) atoms. The van der Waals surface area contributed by atoms with Gasteiger partial charge in [0.1, 0.15) is 11.6 Å². The lowest BCUT2D eigenvalue weighted by Gasteiger charge is -2.45. The third-order valence-electron chi connectivity index (χ3n) is 9.49. The fourth-order valence-electron chi connectivity index (χ4n) is 8.18. The van der Waals surface area contributed by atoms with Crippen molar-refractivity contribution in [3.05, 3.63) is 60.2 Å². The van der Waals surface area contributed by atoms with E-state index in [0.717, 1.165) is 12.0 Å². The Bertz CT molecular complexity index is 1270. The first kappa shape index (κ1) is 30.5. The van der Waals surface area contributed by atoms with Crippen LogP contribution in [0.1, 0.15) is 66.4 Å². The quantitative estimate of drug-likeness (QED) is 0.473. The fourth-order valence-corrected chi connectivity index (χ4v) is 8.18. The van der Waals surface area contributed by atoms with Gasteiger partial charge in [-0.1, -0.05) is 82.3 Å². The monoisotopic (exact) mass is 577 g/mol. The summed E-state index contributed by atoms with van der Waals surface area (Å²) in [7, 11) is 0. The maximum atomic E-state index is 14.7. The molecule has 8 nitrogen and oxygen atoms in total. The average Bonchev–Trinajstić information content (AvgIpc) is 3.20. The van der Waals surface area contributed by atoms with Gasteiger partial charge in [-0.2, -0.15) is 0 Å². The second kappa shape index (κ2) is 10.9. The highest BCUT2D eigenvalue weighted by Crippen LogP contribution is 2.59. The van der Waals surface area contributed by atoms with Crippen molar-refractivity contribution in [1.82, 2.24) is 14.7 Å². The second-order valence-corrected chi connectivity index (χ2v) is 14.2. The van der Waals surface area contributed by atoms with Gasteiger partial charge in [0, 0.05) is 38.3 Å². The van der Waals surface area contributed by atoms with Crippen molar-refractivity contribution < 1.29 is 24.2 Å². The standard InChI is InChI=1S/C34H47N3O5/c1-7-33-16-11-18-35(22-24-14-9-8-10-15-24)28(39)25(33)26-29(40)36(19-13-21-38)27-30(41)37(20-12-17-34(26,27)42-33)32(5,6)23-31(2,3)4/h8-12,14-17,25-27,38H,7,13,18-23H2,1-6H3/t25-,26-,27?,33+,34-/m0/s1. The van der Waals surface area contributed by atoms with Gasteiger partial charge in [0.2, 0.25) is 17.7 Å². The largest absolute Gasteiger partial charge is 0.396 e. The number of carbonyl (C=O) groups excluding carboxylic acids is 3. The molecule has 1 unspecified atom stereocenters. The molecule has 4 aliphatic heterocycles. The van der Waals surface area contributed by atoms with Crippen LogP contribution in [0.15, 0.2) is 54.6 Å². The minimum absolute atomic E-state index is 0.0230. The number of aliphatic hydroxyl groups excluding tert-OH is 1. The van der Waals surface area contributed by atoms with E-state index in [2.05, 4.69) is 34.6 Å². The van der Waals surface area contributed by atoms with Crippen LogP contribution in [-0.2, 0) is 25.7 Å². The summed E-state index contributed by atoms with van der Waals surface area (Å²) in [6, 6.07) is 8.93. The number of nitrogens with zero attached hydrogens (tertiary/aromatic N) is 3. The molecule has 3 amide bonds. The zero-order valence-corrected chi connectivity index (χ0v) is 26.0. The van der Waals surface area contributed by atoms with Gasteiger partial charge in [0.25, 0.3) is 0 Å². The van der Waals surface area contributed by atoms with Crippen molar-refractivity contribution in [3.63, 3.8) is 0 Å². The number of ether oxygens (including phenoxy) is 1. The summed E-state index contributed by atoms with van der Waals surface area (Å²) in [5.41, 5.74) is -1.79. The third kappa shape index (κ3) is 5.00. The Morgan fingerprint density at radius 3 is 2.26 bits per heavy atom. The molecule has 0 aromatic heterocycles. The summed E-state index contributed by atoms with van der Waals surface area (Å²) < 4.78 is 7.07. The zero-order valence-electron chi connectivity index (χ0n) is 26.0. The molecule has 2 fully saturated rings. The van der Waals surface area contributed by atoms with Gasteiger partial charge in [-0.3, -0.25) is 14.4 Å². The molecule has 4 heterocycles. The maximum Gasteiger partial charge on any atom is 0.249 e. The van der Waals surface area contributed by atoms with Gasteiger partial charge < -0.3 is 24.5 Å². The highest BCUT2D eigenvalue weighted by Gasteiger charge is 2.75. The molecule has 1 N–H and O–H groups in total. The Balaban J connectivity index is 1.60. The highest BCUT2D eigenvalue weighted by atomic mass is 16.5.